The van der Waals surface area contributed by atoms with Gasteiger partial charge in [0.05, 0.1) is 0 Å². The summed E-state index contributed by atoms with van der Waals surface area (Å²) in [5.74, 6) is 0.835. The second kappa shape index (κ2) is 6.38. The maximum absolute atomic E-state index is 11.4. The van der Waals surface area contributed by atoms with E-state index in [4.69, 9.17) is 0 Å². The molecule has 2 heterocycles. The molecule has 19 heavy (non-hydrogen) atoms. The van der Waals surface area contributed by atoms with Crippen LogP contribution < -0.4 is 10.9 Å². The van der Waals surface area contributed by atoms with E-state index in [-0.39, 0.29) is 5.56 Å². The molecule has 0 unspecified atom stereocenters. The van der Waals surface area contributed by atoms with Crippen molar-refractivity contribution in [2.24, 2.45) is 0 Å². The zero-order chi connectivity index (χ0) is 13.7. The third-order valence-corrected chi connectivity index (χ3v) is 3.15. The molecule has 0 bridgehead atoms. The van der Waals surface area contributed by atoms with Crippen LogP contribution in [0, 0.1) is 6.92 Å². The summed E-state index contributed by atoms with van der Waals surface area (Å²) in [5.41, 5.74) is 0.557. The standard InChI is InChI=1S/C13H16N4OS/c1-3-7-14-10-5-4-6-12(16-10)19-13-15-9(2)8-11(18)17-13/h4-6,8H,3,7H2,1-2H3,(H,14,16)(H,15,17,18). The lowest BCUT2D eigenvalue weighted by atomic mass is 10.4. The molecule has 6 heteroatoms. The van der Waals surface area contributed by atoms with Crippen LogP contribution in [0.2, 0.25) is 0 Å². The normalized spacial score (nSPS) is 10.4. The average molecular weight is 276 g/mol. The minimum atomic E-state index is -0.143. The molecule has 2 rings (SSSR count). The molecule has 0 aliphatic heterocycles. The molecule has 0 saturated heterocycles. The summed E-state index contributed by atoms with van der Waals surface area (Å²) in [6.07, 6.45) is 1.05. The third kappa shape index (κ3) is 4.10. The van der Waals surface area contributed by atoms with E-state index in [0.29, 0.717) is 10.9 Å². The first-order valence-electron chi connectivity index (χ1n) is 6.14. The van der Waals surface area contributed by atoms with Gasteiger partial charge in [0, 0.05) is 18.3 Å². The van der Waals surface area contributed by atoms with Crippen molar-refractivity contribution in [1.29, 1.82) is 0 Å². The van der Waals surface area contributed by atoms with E-state index >= 15 is 0 Å². The Balaban J connectivity index is 2.16. The van der Waals surface area contributed by atoms with E-state index in [1.165, 1.54) is 17.8 Å². The molecule has 100 valence electrons. The average Bonchev–Trinajstić information content (AvgIpc) is 2.35. The van der Waals surface area contributed by atoms with Crippen molar-refractivity contribution >= 4 is 17.6 Å². The molecule has 5 nitrogen and oxygen atoms in total. The predicted molar refractivity (Wildman–Crippen MR) is 76.7 cm³/mol. The number of H-pyrrole nitrogens is 1. The summed E-state index contributed by atoms with van der Waals surface area (Å²) in [6, 6.07) is 7.22. The molecule has 0 fully saturated rings. The lowest BCUT2D eigenvalue weighted by Gasteiger charge is -2.05. The van der Waals surface area contributed by atoms with Crippen LogP contribution in [-0.2, 0) is 0 Å². The molecule has 0 amide bonds. The molecule has 0 aromatic carbocycles. The van der Waals surface area contributed by atoms with E-state index in [1.807, 2.05) is 18.2 Å². The van der Waals surface area contributed by atoms with Crippen molar-refractivity contribution < 1.29 is 0 Å². The summed E-state index contributed by atoms with van der Waals surface area (Å²) in [7, 11) is 0. The Bertz CT molecular complexity index is 612. The summed E-state index contributed by atoms with van der Waals surface area (Å²) in [6.45, 7) is 4.79. The summed E-state index contributed by atoms with van der Waals surface area (Å²) in [5, 5.41) is 4.59. The van der Waals surface area contributed by atoms with Gasteiger partial charge in [-0.15, -0.1) is 0 Å². The molecular weight excluding hydrogens is 260 g/mol. The van der Waals surface area contributed by atoms with Gasteiger partial charge in [0.2, 0.25) is 0 Å². The van der Waals surface area contributed by atoms with Crippen molar-refractivity contribution in [2.45, 2.75) is 30.5 Å². The van der Waals surface area contributed by atoms with Gasteiger partial charge in [-0.2, -0.15) is 0 Å². The molecule has 2 aromatic heterocycles. The number of anilines is 1. The SMILES string of the molecule is CCCNc1cccc(Sc2nc(C)cc(=O)[nH]2)n1. The van der Waals surface area contributed by atoms with Crippen LogP contribution >= 0.6 is 11.8 Å². The Morgan fingerprint density at radius 2 is 2.21 bits per heavy atom. The van der Waals surface area contributed by atoms with Crippen LogP contribution in [0.25, 0.3) is 0 Å². The van der Waals surface area contributed by atoms with Crippen LogP contribution in [0.4, 0.5) is 5.82 Å². The second-order valence-corrected chi connectivity index (χ2v) is 5.09. The first kappa shape index (κ1) is 13.6. The molecule has 0 saturated carbocycles. The zero-order valence-corrected chi connectivity index (χ0v) is 11.8. The number of pyridine rings is 1. The maximum Gasteiger partial charge on any atom is 0.251 e. The molecule has 0 radical (unpaired) electrons. The first-order chi connectivity index (χ1) is 9.17. The van der Waals surface area contributed by atoms with E-state index in [2.05, 4.69) is 27.2 Å². The predicted octanol–water partition coefficient (Wildman–Crippen LogP) is 2.45. The van der Waals surface area contributed by atoms with Crippen molar-refractivity contribution in [3.05, 3.63) is 40.3 Å². The Hall–Kier alpha value is -1.82. The minimum Gasteiger partial charge on any atom is -0.370 e. The minimum absolute atomic E-state index is 0.143. The van der Waals surface area contributed by atoms with Gasteiger partial charge >= 0.3 is 0 Å². The van der Waals surface area contributed by atoms with E-state index in [9.17, 15) is 4.79 Å². The van der Waals surface area contributed by atoms with E-state index in [0.717, 1.165) is 23.8 Å². The monoisotopic (exact) mass is 276 g/mol. The highest BCUT2D eigenvalue weighted by Crippen LogP contribution is 2.22. The fraction of sp³-hybridized carbons (Fsp3) is 0.308. The largest absolute Gasteiger partial charge is 0.370 e. The maximum atomic E-state index is 11.4. The van der Waals surface area contributed by atoms with E-state index in [1.54, 1.807) is 6.92 Å². The highest BCUT2D eigenvalue weighted by atomic mass is 32.2. The number of aryl methyl sites for hydroxylation is 1. The molecule has 2 aromatic rings. The van der Waals surface area contributed by atoms with Crippen molar-refractivity contribution in [2.75, 3.05) is 11.9 Å². The molecule has 0 spiro atoms. The number of aromatic nitrogens is 3. The van der Waals surface area contributed by atoms with Gasteiger partial charge in [0.25, 0.3) is 5.56 Å². The Morgan fingerprint density at radius 1 is 1.37 bits per heavy atom. The van der Waals surface area contributed by atoms with Gasteiger partial charge in [-0.05, 0) is 37.2 Å². The Labute approximate surface area is 115 Å². The van der Waals surface area contributed by atoms with Crippen LogP contribution in [0.5, 0.6) is 0 Å². The lowest BCUT2D eigenvalue weighted by molar-refractivity contribution is 0.901. The fourth-order valence-corrected chi connectivity index (χ4v) is 2.35. The van der Waals surface area contributed by atoms with Crippen LogP contribution in [0.15, 0.2) is 39.2 Å². The number of nitrogens with zero attached hydrogens (tertiary/aromatic N) is 2. The van der Waals surface area contributed by atoms with Gasteiger partial charge in [0.15, 0.2) is 5.16 Å². The van der Waals surface area contributed by atoms with Gasteiger partial charge in [-0.3, -0.25) is 4.79 Å². The quantitative estimate of drug-likeness (QED) is 0.821. The molecular formula is C13H16N4OS. The summed E-state index contributed by atoms with van der Waals surface area (Å²) in [4.78, 5) is 22.8. The van der Waals surface area contributed by atoms with Gasteiger partial charge in [0.1, 0.15) is 10.8 Å². The van der Waals surface area contributed by atoms with Crippen molar-refractivity contribution in [3.8, 4) is 0 Å². The Kier molecular flexibility index (Phi) is 4.57. The fourth-order valence-electron chi connectivity index (χ4n) is 1.52. The third-order valence-electron chi connectivity index (χ3n) is 2.33. The Morgan fingerprint density at radius 3 is 2.95 bits per heavy atom. The van der Waals surface area contributed by atoms with Crippen LogP contribution in [0.1, 0.15) is 19.0 Å². The van der Waals surface area contributed by atoms with Gasteiger partial charge in [-0.1, -0.05) is 13.0 Å². The zero-order valence-electron chi connectivity index (χ0n) is 10.9. The molecule has 0 aliphatic carbocycles. The summed E-state index contributed by atoms with van der Waals surface area (Å²) < 4.78 is 0. The number of rotatable bonds is 5. The van der Waals surface area contributed by atoms with Gasteiger partial charge < -0.3 is 10.3 Å². The second-order valence-electron chi connectivity index (χ2n) is 4.08. The van der Waals surface area contributed by atoms with Crippen molar-refractivity contribution in [1.82, 2.24) is 15.0 Å². The van der Waals surface area contributed by atoms with Crippen molar-refractivity contribution in [3.63, 3.8) is 0 Å². The number of hydrogen-bond acceptors (Lipinski definition) is 5. The first-order valence-corrected chi connectivity index (χ1v) is 6.96. The van der Waals surface area contributed by atoms with Crippen LogP contribution in [0.3, 0.4) is 0 Å². The lowest BCUT2D eigenvalue weighted by Crippen LogP contribution is -2.08. The molecule has 0 aliphatic rings. The summed E-state index contributed by atoms with van der Waals surface area (Å²) >= 11 is 1.35. The number of hydrogen-bond donors (Lipinski definition) is 2. The number of nitrogens with one attached hydrogen (secondary N) is 2. The van der Waals surface area contributed by atoms with Gasteiger partial charge in [-0.25, -0.2) is 9.97 Å². The number of aromatic amines is 1. The highest BCUT2D eigenvalue weighted by Gasteiger charge is 2.03. The smallest absolute Gasteiger partial charge is 0.251 e. The van der Waals surface area contributed by atoms with Crippen LogP contribution in [-0.4, -0.2) is 21.5 Å². The topological polar surface area (TPSA) is 70.7 Å². The molecule has 0 atom stereocenters. The van der Waals surface area contributed by atoms with E-state index < -0.39 is 0 Å². The molecule has 2 N–H and O–H groups in total. The highest BCUT2D eigenvalue weighted by molar-refractivity contribution is 7.99.